The van der Waals surface area contributed by atoms with Crippen molar-refractivity contribution in [3.8, 4) is 0 Å². The third-order valence-corrected chi connectivity index (χ3v) is 2.93. The number of nitrogens with zero attached hydrogens (tertiary/aromatic N) is 2. The predicted octanol–water partition coefficient (Wildman–Crippen LogP) is 1.16. The highest BCUT2D eigenvalue weighted by Crippen LogP contribution is 2.11. The largest absolute Gasteiger partial charge is 0.378 e. The predicted molar refractivity (Wildman–Crippen MR) is 68.9 cm³/mol. The lowest BCUT2D eigenvalue weighted by atomic mass is 10.2. The maximum Gasteiger partial charge on any atom is 0.0361 e. The van der Waals surface area contributed by atoms with Gasteiger partial charge in [-0.1, -0.05) is 12.1 Å². The van der Waals surface area contributed by atoms with Gasteiger partial charge in [-0.05, 0) is 17.7 Å². The molecule has 2 rings (SSSR count). The van der Waals surface area contributed by atoms with Gasteiger partial charge in [-0.3, -0.25) is 4.90 Å². The van der Waals surface area contributed by atoms with Crippen molar-refractivity contribution in [2.45, 2.75) is 6.54 Å². The zero-order valence-electron chi connectivity index (χ0n) is 10.2. The fourth-order valence-corrected chi connectivity index (χ4v) is 1.68. The first kappa shape index (κ1) is 11.4. The number of hydrogen-bond acceptors (Lipinski definition) is 3. The second kappa shape index (κ2) is 5.32. The van der Waals surface area contributed by atoms with E-state index < -0.39 is 0 Å². The molecule has 0 unspecified atom stereocenters. The van der Waals surface area contributed by atoms with E-state index in [1.165, 1.54) is 30.9 Å². The molecule has 3 nitrogen and oxygen atoms in total. The molecule has 0 aromatic heterocycles. The van der Waals surface area contributed by atoms with Gasteiger partial charge >= 0.3 is 0 Å². The van der Waals surface area contributed by atoms with Crippen LogP contribution >= 0.6 is 0 Å². The SMILES string of the molecule is CN(C)c1ccc(CNCCN2CC2)cc1. The normalized spacial score (nSPS) is 15.1. The van der Waals surface area contributed by atoms with E-state index >= 15 is 0 Å². The molecule has 0 bridgehead atoms. The Labute approximate surface area is 98.0 Å². The Morgan fingerprint density at radius 2 is 1.88 bits per heavy atom. The summed E-state index contributed by atoms with van der Waals surface area (Å²) in [4.78, 5) is 4.56. The topological polar surface area (TPSA) is 18.3 Å². The van der Waals surface area contributed by atoms with Gasteiger partial charge in [0.2, 0.25) is 0 Å². The first-order valence-corrected chi connectivity index (χ1v) is 5.95. The first-order valence-electron chi connectivity index (χ1n) is 5.95. The van der Waals surface area contributed by atoms with Gasteiger partial charge in [0.05, 0.1) is 0 Å². The third-order valence-electron chi connectivity index (χ3n) is 2.93. The van der Waals surface area contributed by atoms with Crippen molar-refractivity contribution in [3.63, 3.8) is 0 Å². The molecule has 1 aliphatic rings. The van der Waals surface area contributed by atoms with Crippen LogP contribution in [0, 0.1) is 0 Å². The monoisotopic (exact) mass is 219 g/mol. The van der Waals surface area contributed by atoms with E-state index in [0.717, 1.165) is 13.1 Å². The van der Waals surface area contributed by atoms with Crippen LogP contribution in [-0.2, 0) is 6.54 Å². The molecule has 1 N–H and O–H groups in total. The molecule has 0 spiro atoms. The van der Waals surface area contributed by atoms with Gasteiger partial charge in [-0.15, -0.1) is 0 Å². The molecule has 16 heavy (non-hydrogen) atoms. The van der Waals surface area contributed by atoms with Crippen molar-refractivity contribution in [1.82, 2.24) is 10.2 Å². The maximum atomic E-state index is 3.47. The average molecular weight is 219 g/mol. The summed E-state index contributed by atoms with van der Waals surface area (Å²) in [6.07, 6.45) is 0. The first-order chi connectivity index (χ1) is 7.75. The van der Waals surface area contributed by atoms with E-state index in [-0.39, 0.29) is 0 Å². The molecule has 0 radical (unpaired) electrons. The Kier molecular flexibility index (Phi) is 3.80. The number of hydrogen-bond donors (Lipinski definition) is 1. The van der Waals surface area contributed by atoms with E-state index in [1.807, 2.05) is 0 Å². The van der Waals surface area contributed by atoms with Crippen LogP contribution in [-0.4, -0.2) is 45.2 Å². The van der Waals surface area contributed by atoms with Crippen molar-refractivity contribution in [1.29, 1.82) is 0 Å². The molecular formula is C13H21N3. The van der Waals surface area contributed by atoms with Crippen LogP contribution < -0.4 is 10.2 Å². The van der Waals surface area contributed by atoms with E-state index in [2.05, 4.69) is 53.5 Å². The molecule has 1 aromatic rings. The summed E-state index contributed by atoms with van der Waals surface area (Å²) >= 11 is 0. The average Bonchev–Trinajstić information content (AvgIpc) is 3.09. The number of rotatable bonds is 6. The minimum absolute atomic E-state index is 0.974. The van der Waals surface area contributed by atoms with Gasteiger partial charge in [0.1, 0.15) is 0 Å². The van der Waals surface area contributed by atoms with Gasteiger partial charge in [-0.2, -0.15) is 0 Å². The lowest BCUT2D eigenvalue weighted by Gasteiger charge is -2.12. The smallest absolute Gasteiger partial charge is 0.0361 e. The van der Waals surface area contributed by atoms with Gasteiger partial charge in [0.15, 0.2) is 0 Å². The summed E-state index contributed by atoms with van der Waals surface area (Å²) in [7, 11) is 4.13. The van der Waals surface area contributed by atoms with E-state index in [9.17, 15) is 0 Å². The molecule has 88 valence electrons. The molecule has 3 heteroatoms. The molecule has 0 saturated carbocycles. The van der Waals surface area contributed by atoms with Crippen LogP contribution in [0.4, 0.5) is 5.69 Å². The van der Waals surface area contributed by atoms with Crippen LogP contribution in [0.25, 0.3) is 0 Å². The molecule has 0 atom stereocenters. The molecule has 1 saturated heterocycles. The highest BCUT2D eigenvalue weighted by molar-refractivity contribution is 5.45. The lowest BCUT2D eigenvalue weighted by molar-refractivity contribution is 0.521. The van der Waals surface area contributed by atoms with Gasteiger partial charge in [0.25, 0.3) is 0 Å². The maximum absolute atomic E-state index is 3.47. The summed E-state index contributed by atoms with van der Waals surface area (Å²) in [5.74, 6) is 0. The third kappa shape index (κ3) is 3.51. The van der Waals surface area contributed by atoms with Crippen LogP contribution in [0.15, 0.2) is 24.3 Å². The Bertz CT molecular complexity index is 314. The molecule has 1 aromatic carbocycles. The number of anilines is 1. The van der Waals surface area contributed by atoms with Crippen molar-refractivity contribution in [3.05, 3.63) is 29.8 Å². The van der Waals surface area contributed by atoms with Crippen molar-refractivity contribution in [2.75, 3.05) is 45.2 Å². The Morgan fingerprint density at radius 3 is 2.44 bits per heavy atom. The van der Waals surface area contributed by atoms with Crippen LogP contribution in [0.5, 0.6) is 0 Å². The Hall–Kier alpha value is -1.06. The summed E-state index contributed by atoms with van der Waals surface area (Å²) in [5.41, 5.74) is 2.62. The fraction of sp³-hybridized carbons (Fsp3) is 0.538. The molecule has 1 heterocycles. The molecule has 0 amide bonds. The minimum Gasteiger partial charge on any atom is -0.378 e. The summed E-state index contributed by atoms with van der Waals surface area (Å²) in [6.45, 7) is 5.84. The van der Waals surface area contributed by atoms with Crippen LogP contribution in [0.3, 0.4) is 0 Å². The molecule has 0 aliphatic carbocycles. The van der Waals surface area contributed by atoms with Gasteiger partial charge in [-0.25, -0.2) is 0 Å². The molecule has 1 aliphatic heterocycles. The lowest BCUT2D eigenvalue weighted by Crippen LogP contribution is -2.21. The highest BCUT2D eigenvalue weighted by Gasteiger charge is 2.15. The quantitative estimate of drug-likeness (QED) is 0.572. The second-order valence-corrected chi connectivity index (χ2v) is 4.58. The Balaban J connectivity index is 1.71. The zero-order chi connectivity index (χ0) is 11.4. The van der Waals surface area contributed by atoms with E-state index in [4.69, 9.17) is 0 Å². The van der Waals surface area contributed by atoms with Crippen molar-refractivity contribution < 1.29 is 0 Å². The Morgan fingerprint density at radius 1 is 1.19 bits per heavy atom. The molecular weight excluding hydrogens is 198 g/mol. The van der Waals surface area contributed by atoms with Gasteiger partial charge < -0.3 is 10.2 Å². The van der Waals surface area contributed by atoms with E-state index in [1.54, 1.807) is 0 Å². The second-order valence-electron chi connectivity index (χ2n) is 4.58. The van der Waals surface area contributed by atoms with Crippen LogP contribution in [0.1, 0.15) is 5.56 Å². The number of benzene rings is 1. The fourth-order valence-electron chi connectivity index (χ4n) is 1.68. The summed E-state index contributed by atoms with van der Waals surface area (Å²) in [6, 6.07) is 8.72. The number of nitrogens with one attached hydrogen (secondary N) is 1. The minimum atomic E-state index is 0.974. The highest BCUT2D eigenvalue weighted by atomic mass is 15.3. The zero-order valence-corrected chi connectivity index (χ0v) is 10.2. The summed E-state index contributed by atoms with van der Waals surface area (Å²) < 4.78 is 0. The standard InChI is InChI=1S/C13H21N3/c1-15(2)13-5-3-12(4-6-13)11-14-7-8-16-9-10-16/h3-6,14H,7-11H2,1-2H3. The summed E-state index contributed by atoms with van der Waals surface area (Å²) in [5, 5.41) is 3.47. The van der Waals surface area contributed by atoms with Crippen molar-refractivity contribution in [2.24, 2.45) is 0 Å². The van der Waals surface area contributed by atoms with Gasteiger partial charge in [0, 0.05) is 52.5 Å². The van der Waals surface area contributed by atoms with Crippen molar-refractivity contribution >= 4 is 5.69 Å². The molecule has 1 fully saturated rings. The van der Waals surface area contributed by atoms with Crippen LogP contribution in [0.2, 0.25) is 0 Å². The van der Waals surface area contributed by atoms with E-state index in [0.29, 0.717) is 0 Å².